The Kier molecular flexibility index (Phi) is 7.31. The molecule has 0 spiro atoms. The molecule has 35 heavy (non-hydrogen) atoms. The lowest BCUT2D eigenvalue weighted by Gasteiger charge is -2.26. The molecule has 2 atom stereocenters. The molecule has 4 aromatic carbocycles. The largest absolute Gasteiger partial charge is 0.507 e. The molecule has 0 heterocycles. The smallest absolute Gasteiger partial charge is 0.412 e. The normalized spacial score (nSPS) is 13.1. The number of aromatic hydroxyl groups is 1. The van der Waals surface area contributed by atoms with Gasteiger partial charge in [0, 0.05) is 22.4 Å². The highest BCUT2D eigenvalue weighted by Gasteiger charge is 2.26. The summed E-state index contributed by atoms with van der Waals surface area (Å²) in [6.07, 6.45) is 2.64. The lowest BCUT2D eigenvalue weighted by Crippen LogP contribution is -2.22. The van der Waals surface area contributed by atoms with Gasteiger partial charge in [0.25, 0.3) is 0 Å². The molecule has 0 fully saturated rings. The van der Waals surface area contributed by atoms with Gasteiger partial charge in [-0.05, 0) is 41.7 Å². The van der Waals surface area contributed by atoms with Gasteiger partial charge < -0.3 is 14.9 Å². The molecular formula is C29H27NO5. The Morgan fingerprint density at radius 3 is 2.37 bits per heavy atom. The number of benzene rings is 4. The molecule has 0 bridgehead atoms. The van der Waals surface area contributed by atoms with Gasteiger partial charge in [-0.25, -0.2) is 9.59 Å². The number of amides is 1. The second kappa shape index (κ2) is 10.7. The molecule has 0 aliphatic rings. The van der Waals surface area contributed by atoms with Crippen LogP contribution >= 0.6 is 0 Å². The zero-order valence-electron chi connectivity index (χ0n) is 19.3. The lowest BCUT2D eigenvalue weighted by molar-refractivity contribution is -0.131. The maximum absolute atomic E-state index is 13.1. The molecule has 0 radical (unpaired) electrons. The number of rotatable bonds is 8. The Hall–Kier alpha value is -4.32. The van der Waals surface area contributed by atoms with E-state index in [0.717, 1.165) is 27.8 Å². The summed E-state index contributed by atoms with van der Waals surface area (Å²) < 4.78 is 6.01. The van der Waals surface area contributed by atoms with Crippen LogP contribution in [0.1, 0.15) is 31.4 Å². The van der Waals surface area contributed by atoms with Crippen LogP contribution in [0.2, 0.25) is 0 Å². The number of carbonyl (C=O) groups is 2. The molecule has 6 nitrogen and oxygen atoms in total. The van der Waals surface area contributed by atoms with E-state index in [1.807, 2.05) is 73.7 Å². The second-order valence-corrected chi connectivity index (χ2v) is 8.49. The van der Waals surface area contributed by atoms with E-state index < -0.39 is 18.2 Å². The minimum Gasteiger partial charge on any atom is -0.507 e. The van der Waals surface area contributed by atoms with Crippen LogP contribution in [0.15, 0.2) is 91.0 Å². The quantitative estimate of drug-likeness (QED) is 0.240. The van der Waals surface area contributed by atoms with Crippen LogP contribution in [0.3, 0.4) is 0 Å². The van der Waals surface area contributed by atoms with E-state index >= 15 is 0 Å². The summed E-state index contributed by atoms with van der Waals surface area (Å²) in [5, 5.41) is 25.4. The fourth-order valence-corrected chi connectivity index (χ4v) is 4.32. The van der Waals surface area contributed by atoms with E-state index in [4.69, 9.17) is 9.84 Å². The summed E-state index contributed by atoms with van der Waals surface area (Å²) in [4.78, 5) is 23.9. The summed E-state index contributed by atoms with van der Waals surface area (Å²) >= 11 is 0. The second-order valence-electron chi connectivity index (χ2n) is 8.49. The average Bonchev–Trinajstić information content (AvgIpc) is 2.86. The van der Waals surface area contributed by atoms with Crippen LogP contribution in [0.25, 0.3) is 21.5 Å². The van der Waals surface area contributed by atoms with Crippen molar-refractivity contribution in [1.29, 1.82) is 0 Å². The van der Waals surface area contributed by atoms with Crippen molar-refractivity contribution in [1.82, 2.24) is 0 Å². The Labute approximate surface area is 203 Å². The van der Waals surface area contributed by atoms with Crippen molar-refractivity contribution in [2.75, 3.05) is 5.32 Å². The van der Waals surface area contributed by atoms with Gasteiger partial charge in [-0.1, -0.05) is 79.7 Å². The van der Waals surface area contributed by atoms with E-state index in [-0.39, 0.29) is 11.7 Å². The molecule has 0 aliphatic heterocycles. The van der Waals surface area contributed by atoms with Crippen LogP contribution in [-0.4, -0.2) is 22.3 Å². The summed E-state index contributed by atoms with van der Waals surface area (Å²) in [6, 6.07) is 24.3. The van der Waals surface area contributed by atoms with Gasteiger partial charge in [-0.3, -0.25) is 5.32 Å². The zero-order chi connectivity index (χ0) is 24.8. The number of nitrogens with one attached hydrogen (secondary N) is 1. The van der Waals surface area contributed by atoms with Crippen molar-refractivity contribution in [3.05, 3.63) is 96.6 Å². The molecule has 0 aromatic heterocycles. The highest BCUT2D eigenvalue weighted by molar-refractivity contribution is 6.00. The van der Waals surface area contributed by atoms with Crippen molar-refractivity contribution in [3.8, 4) is 5.75 Å². The molecule has 4 rings (SSSR count). The molecule has 6 heteroatoms. The number of phenols is 1. The number of carboxylic acid groups (broad SMARTS) is 1. The average molecular weight is 470 g/mol. The lowest BCUT2D eigenvalue weighted by atomic mass is 9.89. The Bertz CT molecular complexity index is 1390. The maximum Gasteiger partial charge on any atom is 0.412 e. The number of carboxylic acids is 1. The first-order chi connectivity index (χ1) is 16.9. The molecular weight excluding hydrogens is 442 g/mol. The number of allylic oxidation sites excluding steroid dienone is 1. The van der Waals surface area contributed by atoms with E-state index in [1.54, 1.807) is 18.2 Å². The summed E-state index contributed by atoms with van der Waals surface area (Å²) in [7, 11) is 0. The zero-order valence-corrected chi connectivity index (χ0v) is 19.3. The predicted octanol–water partition coefficient (Wildman–Crippen LogP) is 7.05. The summed E-state index contributed by atoms with van der Waals surface area (Å²) in [5.74, 6) is -0.968. The van der Waals surface area contributed by atoms with Gasteiger partial charge in [0.1, 0.15) is 11.9 Å². The monoisotopic (exact) mass is 469 g/mol. The van der Waals surface area contributed by atoms with Gasteiger partial charge in [0.05, 0.1) is 5.69 Å². The highest BCUT2D eigenvalue weighted by Crippen LogP contribution is 2.37. The minimum atomic E-state index is -0.996. The van der Waals surface area contributed by atoms with Crippen LogP contribution in [0.4, 0.5) is 10.5 Å². The SMILES string of the molecule is C[C@H](CC/C=C/C(=O)O)[C@H](OC(=O)Nc1cccc2ccccc12)c1ccc(O)c2ccccc12. The number of phenolic OH excluding ortho intramolecular Hbond substituents is 1. The van der Waals surface area contributed by atoms with Gasteiger partial charge >= 0.3 is 12.1 Å². The Morgan fingerprint density at radius 1 is 0.914 bits per heavy atom. The Balaban J connectivity index is 1.63. The fraction of sp³-hybridized carbons (Fsp3) is 0.172. The summed E-state index contributed by atoms with van der Waals surface area (Å²) in [6.45, 7) is 1.96. The Morgan fingerprint density at radius 2 is 1.60 bits per heavy atom. The van der Waals surface area contributed by atoms with Gasteiger partial charge in [0.15, 0.2) is 0 Å². The number of hydrogen-bond acceptors (Lipinski definition) is 4. The number of hydrogen-bond donors (Lipinski definition) is 3. The molecule has 0 aliphatic carbocycles. The topological polar surface area (TPSA) is 95.9 Å². The molecule has 4 aromatic rings. The van der Waals surface area contributed by atoms with Crippen molar-refractivity contribution in [2.24, 2.45) is 5.92 Å². The third kappa shape index (κ3) is 5.61. The third-order valence-electron chi connectivity index (χ3n) is 6.07. The summed E-state index contributed by atoms with van der Waals surface area (Å²) in [5.41, 5.74) is 1.43. The molecule has 178 valence electrons. The fourth-order valence-electron chi connectivity index (χ4n) is 4.32. The first-order valence-corrected chi connectivity index (χ1v) is 11.5. The molecule has 3 N–H and O–H groups in total. The van der Waals surface area contributed by atoms with Gasteiger partial charge in [-0.15, -0.1) is 0 Å². The predicted molar refractivity (Wildman–Crippen MR) is 138 cm³/mol. The molecule has 0 saturated carbocycles. The van der Waals surface area contributed by atoms with Crippen LogP contribution in [0.5, 0.6) is 5.75 Å². The first kappa shape index (κ1) is 23.8. The number of fused-ring (bicyclic) bond motifs is 2. The van der Waals surface area contributed by atoms with Crippen LogP contribution in [-0.2, 0) is 9.53 Å². The van der Waals surface area contributed by atoms with Gasteiger partial charge in [0.2, 0.25) is 0 Å². The standard InChI is InChI=1S/C29H27NO5/c1-19(9-2-7-16-27(32)33)28(24-17-18-26(31)23-14-6-5-13-22(23)24)35-29(34)30-25-15-8-11-20-10-3-4-12-21(20)25/h3-8,10-19,28,31H,2,9H2,1H3,(H,30,34)(H,32,33)/b16-7+/t19-,28+/m1/s1. The maximum atomic E-state index is 13.1. The van der Waals surface area contributed by atoms with Crippen LogP contribution in [0, 0.1) is 5.92 Å². The van der Waals surface area contributed by atoms with Crippen LogP contribution < -0.4 is 5.32 Å². The van der Waals surface area contributed by atoms with Crippen molar-refractivity contribution >= 4 is 39.3 Å². The third-order valence-corrected chi connectivity index (χ3v) is 6.07. The first-order valence-electron chi connectivity index (χ1n) is 11.5. The molecule has 1 amide bonds. The minimum absolute atomic E-state index is 0.125. The number of ether oxygens (including phenoxy) is 1. The highest BCUT2D eigenvalue weighted by atomic mass is 16.6. The number of anilines is 1. The van der Waals surface area contributed by atoms with Crippen molar-refractivity contribution in [3.63, 3.8) is 0 Å². The van der Waals surface area contributed by atoms with E-state index in [1.165, 1.54) is 0 Å². The van der Waals surface area contributed by atoms with E-state index in [0.29, 0.717) is 23.9 Å². The molecule has 0 saturated heterocycles. The van der Waals surface area contributed by atoms with E-state index in [2.05, 4.69) is 5.32 Å². The van der Waals surface area contributed by atoms with Crippen molar-refractivity contribution in [2.45, 2.75) is 25.9 Å². The number of aliphatic carboxylic acids is 1. The van der Waals surface area contributed by atoms with Gasteiger partial charge in [-0.2, -0.15) is 0 Å². The molecule has 0 unspecified atom stereocenters. The van der Waals surface area contributed by atoms with Crippen molar-refractivity contribution < 1.29 is 24.5 Å². The number of carbonyl (C=O) groups excluding carboxylic acids is 1. The van der Waals surface area contributed by atoms with E-state index in [9.17, 15) is 14.7 Å².